The number of aromatic amines is 1. The second kappa shape index (κ2) is 6.64. The lowest BCUT2D eigenvalue weighted by Crippen LogP contribution is -2.20. The maximum absolute atomic E-state index is 12.8. The van der Waals surface area contributed by atoms with E-state index in [1.807, 2.05) is 18.2 Å². The van der Waals surface area contributed by atoms with Gasteiger partial charge in [0.05, 0.1) is 0 Å². The van der Waals surface area contributed by atoms with Gasteiger partial charge in [0.1, 0.15) is 5.65 Å². The Morgan fingerprint density at radius 3 is 3.04 bits per heavy atom. The van der Waals surface area contributed by atoms with Crippen molar-refractivity contribution in [3.8, 4) is 0 Å². The monoisotopic (exact) mass is 321 g/mol. The smallest absolute Gasteiger partial charge is 0.194 e. The first-order valence-electron chi connectivity index (χ1n) is 7.64. The molecule has 2 aromatic heterocycles. The fraction of sp³-hybridized carbons (Fsp3) is 0.167. The molecule has 122 valence electrons. The van der Waals surface area contributed by atoms with Crippen LogP contribution in [0.5, 0.6) is 0 Å². The Morgan fingerprint density at radius 2 is 2.33 bits per heavy atom. The quantitative estimate of drug-likeness (QED) is 0.590. The van der Waals surface area contributed by atoms with Gasteiger partial charge >= 0.3 is 0 Å². The average molecular weight is 321 g/mol. The van der Waals surface area contributed by atoms with Crippen LogP contribution in [0.2, 0.25) is 0 Å². The number of carbonyl (C=O) groups excluding carboxylic acids is 1. The van der Waals surface area contributed by atoms with Gasteiger partial charge in [-0.1, -0.05) is 18.2 Å². The number of nitrogens with zero attached hydrogens (tertiary/aromatic N) is 2. The highest BCUT2D eigenvalue weighted by molar-refractivity contribution is 6.18. The summed E-state index contributed by atoms with van der Waals surface area (Å²) in [5.74, 6) is -0.0750. The van der Waals surface area contributed by atoms with Crippen molar-refractivity contribution in [1.29, 1.82) is 0 Å². The van der Waals surface area contributed by atoms with Crippen molar-refractivity contribution >= 4 is 28.6 Å². The normalized spacial score (nSPS) is 18.3. The van der Waals surface area contributed by atoms with Crippen LogP contribution in [0.3, 0.4) is 0 Å². The molecule has 3 rings (SSSR count). The standard InChI is InChI=1S/C18H19N5O/c1-21-8-13(7-19)12-6-15-16(10-23-18(15)22-9-12)17(24)11-3-2-4-14(20)5-11/h2-3,5-10,14H,4,19-20H2,1H3,(H,22,23). The van der Waals surface area contributed by atoms with E-state index in [0.717, 1.165) is 22.9 Å². The summed E-state index contributed by atoms with van der Waals surface area (Å²) >= 11 is 0. The van der Waals surface area contributed by atoms with Gasteiger partial charge in [0.15, 0.2) is 5.78 Å². The van der Waals surface area contributed by atoms with E-state index in [2.05, 4.69) is 15.0 Å². The number of Topliss-reactive ketones (excluding diaryl/α,β-unsaturated/α-hetero) is 1. The molecule has 1 unspecified atom stereocenters. The van der Waals surface area contributed by atoms with Crippen LogP contribution in [0, 0.1) is 0 Å². The van der Waals surface area contributed by atoms with Crippen molar-refractivity contribution in [2.75, 3.05) is 7.05 Å². The van der Waals surface area contributed by atoms with E-state index >= 15 is 0 Å². The van der Waals surface area contributed by atoms with Gasteiger partial charge in [-0.2, -0.15) is 0 Å². The van der Waals surface area contributed by atoms with E-state index in [0.29, 0.717) is 16.8 Å². The third kappa shape index (κ3) is 2.91. The first-order chi connectivity index (χ1) is 11.6. The van der Waals surface area contributed by atoms with Crippen LogP contribution in [0.25, 0.3) is 16.6 Å². The molecule has 0 radical (unpaired) electrons. The molecule has 1 aliphatic rings. The third-order valence-electron chi connectivity index (χ3n) is 3.92. The number of nitrogens with two attached hydrogens (primary N) is 2. The van der Waals surface area contributed by atoms with E-state index in [9.17, 15) is 4.79 Å². The van der Waals surface area contributed by atoms with E-state index in [-0.39, 0.29) is 11.8 Å². The second-order valence-electron chi connectivity index (χ2n) is 5.58. The first kappa shape index (κ1) is 15.9. The van der Waals surface area contributed by atoms with Crippen LogP contribution in [0.1, 0.15) is 22.3 Å². The summed E-state index contributed by atoms with van der Waals surface area (Å²) in [5.41, 5.74) is 14.9. The molecular weight excluding hydrogens is 302 g/mol. The maximum atomic E-state index is 12.8. The molecule has 5 N–H and O–H groups in total. The van der Waals surface area contributed by atoms with Crippen molar-refractivity contribution < 1.29 is 4.79 Å². The number of ketones is 1. The van der Waals surface area contributed by atoms with Crippen LogP contribution >= 0.6 is 0 Å². The van der Waals surface area contributed by atoms with Gasteiger partial charge in [0.2, 0.25) is 0 Å². The number of fused-ring (bicyclic) bond motifs is 1. The van der Waals surface area contributed by atoms with Crippen molar-refractivity contribution in [1.82, 2.24) is 9.97 Å². The summed E-state index contributed by atoms with van der Waals surface area (Å²) < 4.78 is 0. The largest absolute Gasteiger partial charge is 0.404 e. The maximum Gasteiger partial charge on any atom is 0.194 e. The molecule has 0 bridgehead atoms. The molecule has 0 spiro atoms. The summed E-state index contributed by atoms with van der Waals surface area (Å²) in [6, 6.07) is 1.76. The van der Waals surface area contributed by atoms with Crippen LogP contribution in [0.15, 0.2) is 53.5 Å². The Balaban J connectivity index is 2.06. The lowest BCUT2D eigenvalue weighted by atomic mass is 9.96. The zero-order valence-electron chi connectivity index (χ0n) is 13.4. The topological polar surface area (TPSA) is 110 Å². The number of hydrogen-bond donors (Lipinski definition) is 3. The van der Waals surface area contributed by atoms with Crippen LogP contribution in [-0.4, -0.2) is 35.1 Å². The molecule has 0 saturated carbocycles. The fourth-order valence-corrected chi connectivity index (χ4v) is 2.72. The van der Waals surface area contributed by atoms with Gasteiger partial charge in [-0.05, 0) is 12.5 Å². The van der Waals surface area contributed by atoms with Crippen LogP contribution in [-0.2, 0) is 0 Å². The molecule has 6 nitrogen and oxygen atoms in total. The minimum atomic E-state index is -0.125. The second-order valence-corrected chi connectivity index (χ2v) is 5.58. The van der Waals surface area contributed by atoms with Crippen LogP contribution in [0.4, 0.5) is 0 Å². The van der Waals surface area contributed by atoms with Gasteiger partial charge in [-0.15, -0.1) is 0 Å². The average Bonchev–Trinajstić information content (AvgIpc) is 3.02. The van der Waals surface area contributed by atoms with E-state index in [4.69, 9.17) is 11.5 Å². The molecule has 24 heavy (non-hydrogen) atoms. The van der Waals surface area contributed by atoms with E-state index < -0.39 is 0 Å². The SMILES string of the molecule is CN=CC(=CN)c1cnc2[nH]cc(C(=O)C3=CC(N)CC=C3)c2c1. The Hall–Kier alpha value is -2.99. The van der Waals surface area contributed by atoms with Crippen molar-refractivity contribution in [2.24, 2.45) is 16.5 Å². The van der Waals surface area contributed by atoms with Gasteiger partial charge in [0.25, 0.3) is 0 Å². The summed E-state index contributed by atoms with van der Waals surface area (Å²) in [5, 5.41) is 0.745. The van der Waals surface area contributed by atoms with Gasteiger partial charge < -0.3 is 16.5 Å². The first-order valence-corrected chi connectivity index (χ1v) is 7.64. The molecule has 0 saturated heterocycles. The minimum Gasteiger partial charge on any atom is -0.404 e. The number of aromatic nitrogens is 2. The molecule has 0 aliphatic heterocycles. The highest BCUT2D eigenvalue weighted by atomic mass is 16.1. The molecule has 0 amide bonds. The lowest BCUT2D eigenvalue weighted by Gasteiger charge is -2.11. The number of carbonyl (C=O) groups is 1. The number of rotatable bonds is 4. The van der Waals surface area contributed by atoms with Crippen molar-refractivity contribution in [3.05, 3.63) is 59.6 Å². The number of nitrogens with one attached hydrogen (secondary N) is 1. The number of H-pyrrole nitrogens is 1. The van der Waals surface area contributed by atoms with E-state index in [1.165, 1.54) is 6.20 Å². The predicted octanol–water partition coefficient (Wildman–Crippen LogP) is 1.96. The zero-order chi connectivity index (χ0) is 17.1. The number of pyridine rings is 1. The molecule has 1 atom stereocenters. The lowest BCUT2D eigenvalue weighted by molar-refractivity contribution is 0.103. The Morgan fingerprint density at radius 1 is 1.50 bits per heavy atom. The molecule has 6 heteroatoms. The Labute approximate surface area is 139 Å². The van der Waals surface area contributed by atoms with Gasteiger partial charge in [0, 0.05) is 65.6 Å². The summed E-state index contributed by atoms with van der Waals surface area (Å²) in [4.78, 5) is 24.2. The van der Waals surface area contributed by atoms with E-state index in [1.54, 1.807) is 31.7 Å². The predicted molar refractivity (Wildman–Crippen MR) is 96.8 cm³/mol. The third-order valence-corrected chi connectivity index (χ3v) is 3.92. The number of allylic oxidation sites excluding steroid dienone is 3. The van der Waals surface area contributed by atoms with Crippen molar-refractivity contribution in [2.45, 2.75) is 12.5 Å². The molecule has 0 aromatic carbocycles. The molecule has 0 fully saturated rings. The van der Waals surface area contributed by atoms with Gasteiger partial charge in [-0.25, -0.2) is 4.98 Å². The fourth-order valence-electron chi connectivity index (χ4n) is 2.72. The van der Waals surface area contributed by atoms with Crippen molar-refractivity contribution in [3.63, 3.8) is 0 Å². The highest BCUT2D eigenvalue weighted by Gasteiger charge is 2.18. The molecule has 1 aliphatic carbocycles. The Kier molecular flexibility index (Phi) is 4.39. The molecule has 2 heterocycles. The van der Waals surface area contributed by atoms with Crippen LogP contribution < -0.4 is 11.5 Å². The number of aliphatic imine (C=N–C) groups is 1. The molecule has 2 aromatic rings. The Bertz CT molecular complexity index is 901. The zero-order valence-corrected chi connectivity index (χ0v) is 13.4. The summed E-state index contributed by atoms with van der Waals surface area (Å²) in [6.45, 7) is 0. The summed E-state index contributed by atoms with van der Waals surface area (Å²) in [7, 11) is 1.67. The summed E-state index contributed by atoms with van der Waals surface area (Å²) in [6.07, 6.45) is 12.8. The minimum absolute atomic E-state index is 0.0750. The van der Waals surface area contributed by atoms with Gasteiger partial charge in [-0.3, -0.25) is 9.79 Å². The highest BCUT2D eigenvalue weighted by Crippen LogP contribution is 2.24. The molecular formula is C18H19N5O. The number of hydrogen-bond acceptors (Lipinski definition) is 5.